The highest BCUT2D eigenvalue weighted by Gasteiger charge is 2.20. The van der Waals surface area contributed by atoms with Crippen LogP contribution in [-0.4, -0.2) is 27.5 Å². The fourth-order valence-electron chi connectivity index (χ4n) is 1.06. The van der Waals surface area contributed by atoms with Gasteiger partial charge in [-0.1, -0.05) is 0 Å². The molecular weight excluding hydrogens is 202 g/mol. The molecule has 78 valence electrons. The van der Waals surface area contributed by atoms with E-state index in [0.717, 1.165) is 6.42 Å². The summed E-state index contributed by atoms with van der Waals surface area (Å²) in [5.74, 6) is 0.369. The first-order valence-electron chi connectivity index (χ1n) is 4.43. The third kappa shape index (κ3) is 3.03. The number of halogens is 1. The standard InChI is InChI=1S/C9H14ClN3O/c1-9(2,4-5-10)12-8(14)7-3-6-11-13-7/h3,6H,4-5H2,1-2H3,(H,11,13)(H,12,14). The third-order valence-electron chi connectivity index (χ3n) is 1.92. The Labute approximate surface area is 88.0 Å². The van der Waals surface area contributed by atoms with Crippen LogP contribution in [0.4, 0.5) is 0 Å². The Balaban J connectivity index is 2.57. The van der Waals surface area contributed by atoms with E-state index in [9.17, 15) is 4.79 Å². The first kappa shape index (κ1) is 11.0. The van der Waals surface area contributed by atoms with Crippen LogP contribution in [-0.2, 0) is 0 Å². The molecule has 0 atom stereocenters. The summed E-state index contributed by atoms with van der Waals surface area (Å²) in [7, 11) is 0. The summed E-state index contributed by atoms with van der Waals surface area (Å²) in [6, 6.07) is 1.63. The molecule has 1 heterocycles. The quantitative estimate of drug-likeness (QED) is 0.749. The molecule has 1 rings (SSSR count). The Morgan fingerprint density at radius 1 is 1.71 bits per heavy atom. The largest absolute Gasteiger partial charge is 0.346 e. The zero-order valence-electron chi connectivity index (χ0n) is 8.30. The summed E-state index contributed by atoms with van der Waals surface area (Å²) in [4.78, 5) is 11.6. The van der Waals surface area contributed by atoms with Gasteiger partial charge in [-0.15, -0.1) is 11.6 Å². The third-order valence-corrected chi connectivity index (χ3v) is 2.11. The van der Waals surface area contributed by atoms with Gasteiger partial charge in [-0.05, 0) is 26.3 Å². The summed E-state index contributed by atoms with van der Waals surface area (Å²) < 4.78 is 0. The van der Waals surface area contributed by atoms with Crippen LogP contribution < -0.4 is 5.32 Å². The molecule has 4 nitrogen and oxygen atoms in total. The second kappa shape index (κ2) is 4.46. The minimum Gasteiger partial charge on any atom is -0.346 e. The van der Waals surface area contributed by atoms with Crippen molar-refractivity contribution in [2.75, 3.05) is 5.88 Å². The van der Waals surface area contributed by atoms with Crippen molar-refractivity contribution in [2.45, 2.75) is 25.8 Å². The number of aromatic amines is 1. The Morgan fingerprint density at radius 3 is 2.93 bits per heavy atom. The van der Waals surface area contributed by atoms with Crippen LogP contribution in [0.1, 0.15) is 30.8 Å². The Bertz CT molecular complexity index is 295. The summed E-state index contributed by atoms with van der Waals surface area (Å²) in [5.41, 5.74) is 0.178. The fraction of sp³-hybridized carbons (Fsp3) is 0.556. The highest BCUT2D eigenvalue weighted by atomic mass is 35.5. The molecule has 1 amide bonds. The van der Waals surface area contributed by atoms with Gasteiger partial charge in [0.05, 0.1) is 0 Å². The molecule has 0 aliphatic rings. The molecule has 0 radical (unpaired) electrons. The first-order chi connectivity index (χ1) is 6.55. The molecule has 0 saturated heterocycles. The number of amides is 1. The summed E-state index contributed by atoms with van der Waals surface area (Å²) in [6.45, 7) is 3.87. The highest BCUT2D eigenvalue weighted by Crippen LogP contribution is 2.10. The number of hydrogen-bond donors (Lipinski definition) is 2. The first-order valence-corrected chi connectivity index (χ1v) is 4.96. The Kier molecular flexibility index (Phi) is 3.52. The van der Waals surface area contributed by atoms with E-state index >= 15 is 0 Å². The van der Waals surface area contributed by atoms with E-state index < -0.39 is 0 Å². The van der Waals surface area contributed by atoms with Crippen molar-refractivity contribution < 1.29 is 4.79 Å². The lowest BCUT2D eigenvalue weighted by Crippen LogP contribution is -2.43. The zero-order valence-corrected chi connectivity index (χ0v) is 9.06. The van der Waals surface area contributed by atoms with Crippen molar-refractivity contribution in [1.82, 2.24) is 15.5 Å². The van der Waals surface area contributed by atoms with Crippen LogP contribution in [0.15, 0.2) is 12.3 Å². The summed E-state index contributed by atoms with van der Waals surface area (Å²) in [5, 5.41) is 9.18. The predicted octanol–water partition coefficient (Wildman–Crippen LogP) is 1.55. The van der Waals surface area contributed by atoms with Crippen LogP contribution in [0.25, 0.3) is 0 Å². The number of aromatic nitrogens is 2. The van der Waals surface area contributed by atoms with Gasteiger partial charge in [-0.25, -0.2) is 0 Å². The maximum Gasteiger partial charge on any atom is 0.269 e. The fourth-order valence-corrected chi connectivity index (χ4v) is 1.53. The number of carbonyl (C=O) groups excluding carboxylic acids is 1. The van der Waals surface area contributed by atoms with Gasteiger partial charge in [-0.3, -0.25) is 9.89 Å². The minimum absolute atomic E-state index is 0.155. The molecule has 14 heavy (non-hydrogen) atoms. The van der Waals surface area contributed by atoms with E-state index in [1.165, 1.54) is 0 Å². The number of hydrogen-bond acceptors (Lipinski definition) is 2. The highest BCUT2D eigenvalue weighted by molar-refractivity contribution is 6.17. The number of nitrogens with one attached hydrogen (secondary N) is 2. The maximum atomic E-state index is 11.6. The maximum absolute atomic E-state index is 11.6. The van der Waals surface area contributed by atoms with Gasteiger partial charge < -0.3 is 5.32 Å². The van der Waals surface area contributed by atoms with Crippen LogP contribution in [0.2, 0.25) is 0 Å². The van der Waals surface area contributed by atoms with Crippen LogP contribution in [0, 0.1) is 0 Å². The lowest BCUT2D eigenvalue weighted by molar-refractivity contribution is 0.0906. The molecule has 0 saturated carbocycles. The topological polar surface area (TPSA) is 57.8 Å². The predicted molar refractivity (Wildman–Crippen MR) is 55.5 cm³/mol. The molecular formula is C9H14ClN3O. The van der Waals surface area contributed by atoms with E-state index in [4.69, 9.17) is 11.6 Å². The SMILES string of the molecule is CC(C)(CCCl)NC(=O)c1ccn[nH]1. The molecule has 2 N–H and O–H groups in total. The van der Waals surface area contributed by atoms with Crippen LogP contribution in [0.3, 0.4) is 0 Å². The van der Waals surface area contributed by atoms with Gasteiger partial charge in [0.15, 0.2) is 0 Å². The van der Waals surface area contributed by atoms with E-state index in [2.05, 4.69) is 15.5 Å². The van der Waals surface area contributed by atoms with E-state index in [1.54, 1.807) is 12.3 Å². The van der Waals surface area contributed by atoms with Crippen molar-refractivity contribution in [3.63, 3.8) is 0 Å². The summed E-state index contributed by atoms with van der Waals surface area (Å²) in [6.07, 6.45) is 2.28. The molecule has 0 aliphatic carbocycles. The van der Waals surface area contributed by atoms with Crippen molar-refractivity contribution in [2.24, 2.45) is 0 Å². The van der Waals surface area contributed by atoms with Crippen molar-refractivity contribution >= 4 is 17.5 Å². The lowest BCUT2D eigenvalue weighted by atomic mass is 10.0. The van der Waals surface area contributed by atoms with Crippen molar-refractivity contribution in [3.8, 4) is 0 Å². The molecule has 0 spiro atoms. The van der Waals surface area contributed by atoms with Crippen LogP contribution >= 0.6 is 11.6 Å². The van der Waals surface area contributed by atoms with Gasteiger partial charge in [0.2, 0.25) is 0 Å². The Morgan fingerprint density at radius 2 is 2.43 bits per heavy atom. The van der Waals surface area contributed by atoms with E-state index in [0.29, 0.717) is 11.6 Å². The molecule has 1 aromatic heterocycles. The molecule has 1 aromatic rings. The molecule has 0 unspecified atom stereocenters. The molecule has 0 aromatic carbocycles. The normalized spacial score (nSPS) is 11.4. The van der Waals surface area contributed by atoms with Gasteiger partial charge in [0, 0.05) is 17.6 Å². The number of H-pyrrole nitrogens is 1. The smallest absolute Gasteiger partial charge is 0.269 e. The van der Waals surface area contributed by atoms with Gasteiger partial charge in [0.25, 0.3) is 5.91 Å². The van der Waals surface area contributed by atoms with E-state index in [-0.39, 0.29) is 11.4 Å². The summed E-state index contributed by atoms with van der Waals surface area (Å²) >= 11 is 5.62. The number of nitrogens with zero attached hydrogens (tertiary/aromatic N) is 1. The second-order valence-corrected chi connectivity index (χ2v) is 4.13. The van der Waals surface area contributed by atoms with Gasteiger partial charge in [0.1, 0.15) is 5.69 Å². The molecule has 0 bridgehead atoms. The Hall–Kier alpha value is -1.03. The average molecular weight is 216 g/mol. The molecule has 0 aliphatic heterocycles. The molecule has 5 heteroatoms. The zero-order chi connectivity index (χ0) is 10.6. The van der Waals surface area contributed by atoms with Gasteiger partial charge >= 0.3 is 0 Å². The van der Waals surface area contributed by atoms with Crippen molar-refractivity contribution in [1.29, 1.82) is 0 Å². The monoisotopic (exact) mass is 215 g/mol. The number of alkyl halides is 1. The van der Waals surface area contributed by atoms with E-state index in [1.807, 2.05) is 13.8 Å². The number of carbonyl (C=O) groups is 1. The van der Waals surface area contributed by atoms with Crippen LogP contribution in [0.5, 0.6) is 0 Å². The minimum atomic E-state index is -0.288. The second-order valence-electron chi connectivity index (χ2n) is 3.75. The number of rotatable bonds is 4. The lowest BCUT2D eigenvalue weighted by Gasteiger charge is -2.24. The van der Waals surface area contributed by atoms with Crippen molar-refractivity contribution in [3.05, 3.63) is 18.0 Å². The van der Waals surface area contributed by atoms with Gasteiger partial charge in [-0.2, -0.15) is 5.10 Å². The molecule has 0 fully saturated rings. The average Bonchev–Trinajstić information content (AvgIpc) is 2.53.